The van der Waals surface area contributed by atoms with Gasteiger partial charge < -0.3 is 10.0 Å². The fourth-order valence-electron chi connectivity index (χ4n) is 1.40. The van der Waals surface area contributed by atoms with Crippen molar-refractivity contribution in [3.05, 3.63) is 0 Å². The van der Waals surface area contributed by atoms with Gasteiger partial charge >= 0.3 is 6.09 Å². The molecule has 1 heterocycles. The van der Waals surface area contributed by atoms with Gasteiger partial charge in [0.1, 0.15) is 5.78 Å². The second kappa shape index (κ2) is 3.56. The lowest BCUT2D eigenvalue weighted by atomic mass is 10.1. The number of ketones is 1. The Bertz CT molecular complexity index is 202. The molecule has 4 nitrogen and oxygen atoms in total. The van der Waals surface area contributed by atoms with E-state index in [2.05, 4.69) is 0 Å². The number of amides is 1. The van der Waals surface area contributed by atoms with Crippen LogP contribution < -0.4 is 0 Å². The maximum atomic E-state index is 11.0. The zero-order valence-corrected chi connectivity index (χ0v) is 7.12. The van der Waals surface area contributed by atoms with Crippen LogP contribution in [0.1, 0.15) is 26.2 Å². The lowest BCUT2D eigenvalue weighted by molar-refractivity contribution is -0.118. The Balaban J connectivity index is 2.62. The van der Waals surface area contributed by atoms with Crippen molar-refractivity contribution in [3.8, 4) is 0 Å². The molecule has 1 aliphatic heterocycles. The summed E-state index contributed by atoms with van der Waals surface area (Å²) in [5, 5.41) is 8.73. The van der Waals surface area contributed by atoms with Crippen molar-refractivity contribution < 1.29 is 14.7 Å². The molecular weight excluding hydrogens is 158 g/mol. The van der Waals surface area contributed by atoms with E-state index in [0.717, 1.165) is 0 Å². The average Bonchev–Trinajstić information content (AvgIpc) is 2.14. The first-order valence-corrected chi connectivity index (χ1v) is 4.12. The Morgan fingerprint density at radius 1 is 1.58 bits per heavy atom. The molecule has 0 aromatic heterocycles. The summed E-state index contributed by atoms with van der Waals surface area (Å²) >= 11 is 0. The second-order valence-electron chi connectivity index (χ2n) is 3.15. The first kappa shape index (κ1) is 9.03. The van der Waals surface area contributed by atoms with Gasteiger partial charge in [-0.25, -0.2) is 4.79 Å². The van der Waals surface area contributed by atoms with E-state index >= 15 is 0 Å². The zero-order chi connectivity index (χ0) is 9.14. The molecule has 1 aliphatic rings. The lowest BCUT2D eigenvalue weighted by Crippen LogP contribution is -2.37. The number of nitrogens with zero attached hydrogens (tertiary/aromatic N) is 1. The van der Waals surface area contributed by atoms with Crippen LogP contribution in [-0.4, -0.2) is 34.5 Å². The van der Waals surface area contributed by atoms with Gasteiger partial charge in [0, 0.05) is 25.4 Å². The minimum atomic E-state index is -0.919. The van der Waals surface area contributed by atoms with Crippen LogP contribution in [0.5, 0.6) is 0 Å². The number of hydrogen-bond donors (Lipinski definition) is 1. The molecule has 1 atom stereocenters. The normalized spacial score (nSPS) is 25.2. The molecule has 1 fully saturated rings. The van der Waals surface area contributed by atoms with E-state index in [1.54, 1.807) is 0 Å². The minimum absolute atomic E-state index is 0.0195. The van der Waals surface area contributed by atoms with Gasteiger partial charge in [-0.1, -0.05) is 0 Å². The molecule has 0 aromatic carbocycles. The number of carbonyl (C=O) groups excluding carboxylic acids is 1. The van der Waals surface area contributed by atoms with Crippen molar-refractivity contribution in [3.63, 3.8) is 0 Å². The fraction of sp³-hybridized carbons (Fsp3) is 0.750. The van der Waals surface area contributed by atoms with Crippen LogP contribution in [0.3, 0.4) is 0 Å². The Hall–Kier alpha value is -1.06. The maximum Gasteiger partial charge on any atom is 0.407 e. The molecule has 0 saturated carbocycles. The average molecular weight is 171 g/mol. The first-order chi connectivity index (χ1) is 5.61. The van der Waals surface area contributed by atoms with Crippen molar-refractivity contribution >= 4 is 11.9 Å². The van der Waals surface area contributed by atoms with Gasteiger partial charge in [0.25, 0.3) is 0 Å². The van der Waals surface area contributed by atoms with Gasteiger partial charge in [0.2, 0.25) is 0 Å². The Morgan fingerprint density at radius 2 is 2.25 bits per heavy atom. The topological polar surface area (TPSA) is 57.6 Å². The quantitative estimate of drug-likeness (QED) is 0.594. The molecule has 4 heteroatoms. The number of likely N-dealkylation sites (tertiary alicyclic amines) is 1. The van der Waals surface area contributed by atoms with Crippen molar-refractivity contribution in [1.29, 1.82) is 0 Å². The first-order valence-electron chi connectivity index (χ1n) is 4.12. The largest absolute Gasteiger partial charge is 0.465 e. The van der Waals surface area contributed by atoms with Crippen molar-refractivity contribution in [2.45, 2.75) is 32.2 Å². The molecule has 1 unspecified atom stereocenters. The summed E-state index contributed by atoms with van der Waals surface area (Å²) < 4.78 is 0. The van der Waals surface area contributed by atoms with Crippen LogP contribution in [0.4, 0.5) is 4.79 Å². The summed E-state index contributed by atoms with van der Waals surface area (Å²) in [6, 6.07) is -0.0195. The lowest BCUT2D eigenvalue weighted by Gasteiger charge is -2.22. The van der Waals surface area contributed by atoms with Gasteiger partial charge in [0.15, 0.2) is 0 Å². The van der Waals surface area contributed by atoms with E-state index in [1.807, 2.05) is 6.92 Å². The summed E-state index contributed by atoms with van der Waals surface area (Å²) in [6.07, 6.45) is 0.629. The zero-order valence-electron chi connectivity index (χ0n) is 7.12. The maximum absolute atomic E-state index is 11.0. The highest BCUT2D eigenvalue weighted by Gasteiger charge is 2.23. The molecule has 68 valence electrons. The summed E-state index contributed by atoms with van der Waals surface area (Å²) in [5.41, 5.74) is 0. The molecule has 0 bridgehead atoms. The predicted molar refractivity (Wildman–Crippen MR) is 43.1 cm³/mol. The number of rotatable bonds is 0. The van der Waals surface area contributed by atoms with Crippen LogP contribution in [0, 0.1) is 0 Å². The Kier molecular flexibility index (Phi) is 2.68. The molecule has 1 N–H and O–H groups in total. The van der Waals surface area contributed by atoms with Crippen LogP contribution in [0.15, 0.2) is 0 Å². The highest BCUT2D eigenvalue weighted by Crippen LogP contribution is 2.13. The summed E-state index contributed by atoms with van der Waals surface area (Å²) in [7, 11) is 0. The van der Waals surface area contributed by atoms with Crippen molar-refractivity contribution in [2.24, 2.45) is 0 Å². The van der Waals surface area contributed by atoms with Crippen LogP contribution in [0.2, 0.25) is 0 Å². The third kappa shape index (κ3) is 1.96. The monoisotopic (exact) mass is 171 g/mol. The molecule has 0 spiro atoms. The van der Waals surface area contributed by atoms with Gasteiger partial charge in [-0.2, -0.15) is 0 Å². The van der Waals surface area contributed by atoms with Crippen LogP contribution in [-0.2, 0) is 4.79 Å². The van der Waals surface area contributed by atoms with Gasteiger partial charge in [-0.15, -0.1) is 0 Å². The van der Waals surface area contributed by atoms with Gasteiger partial charge in [0.05, 0.1) is 0 Å². The predicted octanol–water partition coefficient (Wildman–Crippen LogP) is 1.11. The third-order valence-corrected chi connectivity index (χ3v) is 2.25. The van der Waals surface area contributed by atoms with Crippen LogP contribution in [0.25, 0.3) is 0 Å². The number of carbonyl (C=O) groups is 2. The fourth-order valence-corrected chi connectivity index (χ4v) is 1.40. The second-order valence-corrected chi connectivity index (χ2v) is 3.15. The van der Waals surface area contributed by atoms with E-state index in [4.69, 9.17) is 5.11 Å². The van der Waals surface area contributed by atoms with E-state index in [0.29, 0.717) is 25.8 Å². The van der Waals surface area contributed by atoms with E-state index in [9.17, 15) is 9.59 Å². The van der Waals surface area contributed by atoms with Crippen molar-refractivity contribution in [2.75, 3.05) is 6.54 Å². The molecule has 1 amide bonds. The molecule has 0 aliphatic carbocycles. The van der Waals surface area contributed by atoms with Gasteiger partial charge in [-0.05, 0) is 13.3 Å². The SMILES string of the molecule is CC1CCC(=O)CCN1C(=O)O. The molecular formula is C8H13NO3. The summed E-state index contributed by atoms with van der Waals surface area (Å²) in [6.45, 7) is 2.20. The standard InChI is InChI=1S/C8H13NO3/c1-6-2-3-7(10)4-5-9(6)8(11)12/h6H,2-5H2,1H3,(H,11,12). The molecule has 0 radical (unpaired) electrons. The highest BCUT2D eigenvalue weighted by atomic mass is 16.4. The van der Waals surface area contributed by atoms with Gasteiger partial charge in [-0.3, -0.25) is 4.79 Å². The molecule has 1 saturated heterocycles. The van der Waals surface area contributed by atoms with Crippen molar-refractivity contribution in [1.82, 2.24) is 4.90 Å². The smallest absolute Gasteiger partial charge is 0.407 e. The minimum Gasteiger partial charge on any atom is -0.465 e. The number of hydrogen-bond acceptors (Lipinski definition) is 2. The highest BCUT2D eigenvalue weighted by molar-refractivity contribution is 5.79. The third-order valence-electron chi connectivity index (χ3n) is 2.25. The molecule has 1 rings (SSSR count). The summed E-state index contributed by atoms with van der Waals surface area (Å²) in [4.78, 5) is 23.0. The van der Waals surface area contributed by atoms with E-state index in [-0.39, 0.29) is 11.8 Å². The Labute approximate surface area is 71.2 Å². The van der Waals surface area contributed by atoms with Crippen LogP contribution >= 0.6 is 0 Å². The van der Waals surface area contributed by atoms with E-state index in [1.165, 1.54) is 4.90 Å². The molecule has 12 heavy (non-hydrogen) atoms. The summed E-state index contributed by atoms with van der Waals surface area (Å²) in [5.74, 6) is 0.172. The van der Waals surface area contributed by atoms with E-state index < -0.39 is 6.09 Å². The number of carboxylic acid groups (broad SMARTS) is 1. The molecule has 0 aromatic rings. The number of Topliss-reactive ketones (excluding diaryl/α,β-unsaturated/α-hetero) is 1. The Morgan fingerprint density at radius 3 is 2.83 bits per heavy atom.